The molecule has 0 bridgehead atoms. The molecule has 0 saturated heterocycles. The maximum Gasteiger partial charge on any atom is 0.231 e. The van der Waals surface area contributed by atoms with Crippen LogP contribution in [0.3, 0.4) is 0 Å². The SMILES string of the molecule is C.C.C/C=C/c1ccc(C(C)C)c(OC)c1.C=C1C=Cc2ccc(C(C)C)cc2O1.C=Cc1cc(OC)c(C(C)C)c(OC)c1.CC(C)C/C=C/c1ccccc1.CC(C)Cc1ccc2c(c1)OCO2.CCOc1cc(C=O)ccc1C(C)C.COc1cc(/C=C/CC(C)C)ccc1C(C)C.COc1cc(CC(C)C)ccc1O. The summed E-state index contributed by atoms with van der Waals surface area (Å²) in [6.45, 7) is 51.7. The van der Waals surface area contributed by atoms with Crippen LogP contribution < -0.4 is 42.6 Å². The zero-order valence-corrected chi connectivity index (χ0v) is 72.6. The third kappa shape index (κ3) is 37.2. The van der Waals surface area contributed by atoms with E-state index in [0.29, 0.717) is 77.8 Å². The van der Waals surface area contributed by atoms with Crippen molar-refractivity contribution in [3.05, 3.63) is 267 Å². The summed E-state index contributed by atoms with van der Waals surface area (Å²) in [6, 6.07) is 50.7. The number of methoxy groups -OCH3 is 5. The van der Waals surface area contributed by atoms with Crippen molar-refractivity contribution in [3.8, 4) is 57.5 Å². The zero-order valence-electron chi connectivity index (χ0n) is 72.6. The van der Waals surface area contributed by atoms with Crippen LogP contribution in [-0.4, -0.2) is 60.3 Å². The van der Waals surface area contributed by atoms with Crippen LogP contribution in [0, 0.1) is 23.7 Å². The Morgan fingerprint density at radius 3 is 1.36 bits per heavy atom. The van der Waals surface area contributed by atoms with Gasteiger partial charge in [0.1, 0.15) is 46.5 Å². The van der Waals surface area contributed by atoms with Gasteiger partial charge in [0.2, 0.25) is 6.79 Å². The summed E-state index contributed by atoms with van der Waals surface area (Å²) in [5.41, 5.74) is 15.1. The summed E-state index contributed by atoms with van der Waals surface area (Å²) in [4.78, 5) is 10.6. The minimum absolute atomic E-state index is 0. The Balaban J connectivity index is 0.000000651. The number of carbonyl (C=O) groups is 1. The Morgan fingerprint density at radius 1 is 0.439 bits per heavy atom. The number of hydrogen-bond donors (Lipinski definition) is 1. The number of aldehydes is 1. The molecule has 2 aliphatic rings. The second-order valence-electron chi connectivity index (χ2n) is 30.7. The summed E-state index contributed by atoms with van der Waals surface area (Å²) < 4.78 is 48.1. The summed E-state index contributed by atoms with van der Waals surface area (Å²) in [6.07, 6.45) is 23.9. The number of benzene rings is 8. The van der Waals surface area contributed by atoms with Gasteiger partial charge in [-0.15, -0.1) is 0 Å². The maximum atomic E-state index is 10.6. The van der Waals surface area contributed by atoms with Crippen molar-refractivity contribution in [1.29, 1.82) is 0 Å². The molecule has 2 aliphatic heterocycles. The van der Waals surface area contributed by atoms with Crippen LogP contribution in [0.1, 0.15) is 273 Å². The van der Waals surface area contributed by atoms with Crippen LogP contribution in [0.5, 0.6) is 57.5 Å². The van der Waals surface area contributed by atoms with Crippen LogP contribution in [0.2, 0.25) is 0 Å². The van der Waals surface area contributed by atoms with Crippen LogP contribution in [0.15, 0.2) is 195 Å². The molecule has 10 rings (SSSR count). The Labute approximate surface area is 691 Å². The van der Waals surface area contributed by atoms with Crippen molar-refractivity contribution >= 4 is 36.7 Å². The molecule has 0 saturated carbocycles. The number of phenolic OH excluding ortho intramolecular Hbond substituents is 1. The fourth-order valence-corrected chi connectivity index (χ4v) is 11.7. The topological polar surface area (TPSA) is 120 Å². The van der Waals surface area contributed by atoms with Crippen molar-refractivity contribution < 1.29 is 52.5 Å². The van der Waals surface area contributed by atoms with Crippen LogP contribution in [-0.2, 0) is 12.8 Å². The smallest absolute Gasteiger partial charge is 0.231 e. The number of allylic oxidation sites excluding steroid dienone is 4. The highest BCUT2D eigenvalue weighted by Crippen LogP contribution is 2.38. The third-order valence-corrected chi connectivity index (χ3v) is 17.6. The minimum Gasteiger partial charge on any atom is -0.504 e. The zero-order chi connectivity index (χ0) is 83.4. The molecule has 0 radical (unpaired) electrons. The van der Waals surface area contributed by atoms with E-state index < -0.39 is 0 Å². The molecule has 8 aromatic rings. The largest absolute Gasteiger partial charge is 0.504 e. The molecule has 0 aromatic heterocycles. The van der Waals surface area contributed by atoms with E-state index in [0.717, 1.165) is 106 Å². The summed E-state index contributed by atoms with van der Waals surface area (Å²) >= 11 is 0. The van der Waals surface area contributed by atoms with Crippen molar-refractivity contribution in [2.45, 2.75) is 209 Å². The molecule has 0 amide bonds. The van der Waals surface area contributed by atoms with Gasteiger partial charge >= 0.3 is 0 Å². The molecule has 0 aliphatic carbocycles. The van der Waals surface area contributed by atoms with Gasteiger partial charge in [0.15, 0.2) is 23.0 Å². The Bertz CT molecular complexity index is 4150. The van der Waals surface area contributed by atoms with E-state index in [1.54, 1.807) is 53.8 Å². The number of ether oxygens (including phenoxy) is 9. The van der Waals surface area contributed by atoms with Gasteiger partial charge in [-0.3, -0.25) is 4.79 Å². The Morgan fingerprint density at radius 2 is 0.904 bits per heavy atom. The molecule has 1 N–H and O–H groups in total. The maximum absolute atomic E-state index is 10.6. The molecule has 0 unspecified atom stereocenters. The Kier molecular flexibility index (Phi) is 49.5. The molecule has 114 heavy (non-hydrogen) atoms. The quantitative estimate of drug-likeness (QED) is 0.0551. The van der Waals surface area contributed by atoms with Gasteiger partial charge in [0.25, 0.3) is 0 Å². The van der Waals surface area contributed by atoms with Crippen LogP contribution in [0.4, 0.5) is 0 Å². The molecular formula is C103H144O11. The lowest BCUT2D eigenvalue weighted by Gasteiger charge is -2.16. The molecule has 0 atom stereocenters. The number of rotatable bonds is 25. The van der Waals surface area contributed by atoms with E-state index in [4.69, 9.17) is 42.6 Å². The number of aromatic hydroxyl groups is 1. The average molecular weight is 1560 g/mol. The van der Waals surface area contributed by atoms with Gasteiger partial charge in [0, 0.05) is 16.7 Å². The molecule has 11 heteroatoms. The highest BCUT2D eigenvalue weighted by atomic mass is 16.7. The van der Waals surface area contributed by atoms with E-state index in [2.05, 4.69) is 259 Å². The second-order valence-corrected chi connectivity index (χ2v) is 30.7. The highest BCUT2D eigenvalue weighted by molar-refractivity contribution is 5.76. The fourth-order valence-electron chi connectivity index (χ4n) is 11.7. The van der Waals surface area contributed by atoms with E-state index >= 15 is 0 Å². The normalized spacial score (nSPS) is 11.4. The molecule has 2 heterocycles. The molecular weight excluding hydrogens is 1410 g/mol. The fraction of sp³-hybridized carbons (Fsp3) is 0.408. The van der Waals surface area contributed by atoms with Crippen molar-refractivity contribution in [2.75, 3.05) is 48.9 Å². The van der Waals surface area contributed by atoms with Crippen LogP contribution in [0.25, 0.3) is 30.4 Å². The molecule has 0 fully saturated rings. The predicted molar refractivity (Wildman–Crippen MR) is 490 cm³/mol. The minimum atomic E-state index is 0. The summed E-state index contributed by atoms with van der Waals surface area (Å²) in [7, 11) is 8.37. The Hall–Kier alpha value is -10.1. The van der Waals surface area contributed by atoms with Gasteiger partial charge in [0.05, 0.1) is 42.2 Å². The number of phenols is 1. The van der Waals surface area contributed by atoms with E-state index in [9.17, 15) is 9.90 Å². The second kappa shape index (κ2) is 55.4. The standard InChI is InChI=1S/C16H24O.C13H18O2.C13H14O.C13H18O.C12H16O2.C12H16.C11H14O2.C11H16O2.2CH4/c1-12(2)7-6-8-14-9-10-15(13(3)4)16(11-14)17-5;1-6-10-7-11(14-4)13(9(2)3)12(8-10)15-5;1-9(2)12-7-6-11-5-4-10(3)14-13(11)8-12;1-5-6-11-7-8-12(10(2)3)13(9-11)14-4;1-4-14-12-7-10(8-13)5-6-11(12)9(2)3;1-11(2)7-6-10-12-8-4-3-5-9-12;1-8(2)5-9-3-4-10-11(6-9)13-7-12-10;1-8(2)6-9-4-5-10(12)11(7-9)13-3;;/h6,8-13H,7H2,1-5H3;6-9H,1H2,2-5H3;4-9H,3H2,1-2H3;5-10H,1-4H3;5-9H,4H2,1-3H3;3-6,8-11H,7H2,1-2H3;3-4,6,8H,5,7H2,1-2H3;4-5,7-8,12H,6H2,1-3H3;2*1H4/b8-6+;;;6-5+;;10-6+;;;;. The van der Waals surface area contributed by atoms with Gasteiger partial charge in [-0.1, -0.05) is 286 Å². The van der Waals surface area contributed by atoms with Gasteiger partial charge in [-0.05, 0) is 221 Å². The first-order valence-electron chi connectivity index (χ1n) is 39.8. The number of fused-ring (bicyclic) bond motifs is 2. The number of hydrogen-bond acceptors (Lipinski definition) is 11. The first-order valence-corrected chi connectivity index (χ1v) is 39.8. The van der Waals surface area contributed by atoms with Crippen molar-refractivity contribution in [1.82, 2.24) is 0 Å². The molecule has 0 spiro atoms. The summed E-state index contributed by atoms with van der Waals surface area (Å²) in [5, 5.41) is 9.34. The first-order chi connectivity index (χ1) is 53.4. The third-order valence-electron chi connectivity index (χ3n) is 17.6. The van der Waals surface area contributed by atoms with Gasteiger partial charge in [-0.25, -0.2) is 0 Å². The average Bonchev–Trinajstić information content (AvgIpc) is 1.01. The molecule has 11 nitrogen and oxygen atoms in total. The molecule has 8 aromatic carbocycles. The first kappa shape index (κ1) is 102. The van der Waals surface area contributed by atoms with Crippen molar-refractivity contribution in [3.63, 3.8) is 0 Å². The lowest BCUT2D eigenvalue weighted by Crippen LogP contribution is -1.99. The highest BCUT2D eigenvalue weighted by Gasteiger charge is 2.17. The van der Waals surface area contributed by atoms with Gasteiger partial charge < -0.3 is 47.7 Å². The van der Waals surface area contributed by atoms with E-state index in [1.165, 1.54) is 44.5 Å². The lowest BCUT2D eigenvalue weighted by molar-refractivity contribution is 0.112. The van der Waals surface area contributed by atoms with E-state index in [-0.39, 0.29) is 20.6 Å². The predicted octanol–water partition coefficient (Wildman–Crippen LogP) is 29.2. The van der Waals surface area contributed by atoms with E-state index in [1.807, 2.05) is 80.6 Å². The monoisotopic (exact) mass is 1560 g/mol. The lowest BCUT2D eigenvalue weighted by atomic mass is 9.98. The van der Waals surface area contributed by atoms with Crippen molar-refractivity contribution in [2.24, 2.45) is 23.7 Å². The van der Waals surface area contributed by atoms with Crippen LogP contribution >= 0.6 is 0 Å². The molecule has 622 valence electrons. The summed E-state index contributed by atoms with van der Waals surface area (Å²) in [5.74, 6) is 13.7. The van der Waals surface area contributed by atoms with Gasteiger partial charge in [-0.2, -0.15) is 0 Å². The number of carbonyl (C=O) groups excluding carboxylic acids is 1.